The van der Waals surface area contributed by atoms with Crippen molar-refractivity contribution < 1.29 is 32.9 Å². The molecule has 1 amide bonds. The van der Waals surface area contributed by atoms with Gasteiger partial charge in [0.1, 0.15) is 13.2 Å². The van der Waals surface area contributed by atoms with Crippen LogP contribution in [-0.2, 0) is 18.4 Å². The highest BCUT2D eigenvalue weighted by atomic mass is 31.2. The van der Waals surface area contributed by atoms with Gasteiger partial charge >= 0.3 is 7.82 Å². The van der Waals surface area contributed by atoms with E-state index < -0.39 is 20.0 Å². The highest BCUT2D eigenvalue weighted by Gasteiger charge is 2.27. The zero-order valence-corrected chi connectivity index (χ0v) is 38.3. The van der Waals surface area contributed by atoms with Gasteiger partial charge in [0.2, 0.25) is 5.91 Å². The van der Waals surface area contributed by atoms with E-state index in [0.717, 1.165) is 51.4 Å². The molecule has 0 aliphatic rings. The lowest BCUT2D eigenvalue weighted by molar-refractivity contribution is -0.870. The highest BCUT2D eigenvalue weighted by molar-refractivity contribution is 7.47. The number of nitrogens with one attached hydrogen (secondary N) is 1. The SMILES string of the molecule is CCCCC/C=C\CCCCCCCC(=O)NC(COP(=O)(O)OCC[N+](C)(C)C)C(O)/C=C/CC/C=C/CCCCCCCCCCCCCCCCCC. The van der Waals surface area contributed by atoms with Crippen molar-refractivity contribution in [1.29, 1.82) is 0 Å². The predicted molar refractivity (Wildman–Crippen MR) is 240 cm³/mol. The van der Waals surface area contributed by atoms with Gasteiger partial charge in [0.05, 0.1) is 39.9 Å². The molecule has 0 aromatic heterocycles. The van der Waals surface area contributed by atoms with Crippen LogP contribution in [0.2, 0.25) is 0 Å². The maximum Gasteiger partial charge on any atom is 0.472 e. The molecule has 8 nitrogen and oxygen atoms in total. The van der Waals surface area contributed by atoms with E-state index in [1.807, 2.05) is 27.2 Å². The number of likely N-dealkylation sites (N-methyl/N-ethyl adjacent to an activating group) is 1. The van der Waals surface area contributed by atoms with Crippen molar-refractivity contribution in [2.45, 2.75) is 219 Å². The van der Waals surface area contributed by atoms with Crippen LogP contribution in [0, 0.1) is 0 Å². The molecule has 3 atom stereocenters. The maximum absolute atomic E-state index is 12.8. The average Bonchev–Trinajstić information content (AvgIpc) is 3.15. The van der Waals surface area contributed by atoms with Crippen LogP contribution in [0.15, 0.2) is 36.5 Å². The molecular formula is C47H92N2O6P+. The molecular weight excluding hydrogens is 719 g/mol. The highest BCUT2D eigenvalue weighted by Crippen LogP contribution is 2.43. The summed E-state index contributed by atoms with van der Waals surface area (Å²) in [6.45, 7) is 4.76. The van der Waals surface area contributed by atoms with Crippen molar-refractivity contribution in [3.63, 3.8) is 0 Å². The lowest BCUT2D eigenvalue weighted by Crippen LogP contribution is -2.45. The Bertz CT molecular complexity index is 1010. The van der Waals surface area contributed by atoms with Gasteiger partial charge in [0.25, 0.3) is 0 Å². The molecule has 0 aromatic carbocycles. The molecule has 330 valence electrons. The Morgan fingerprint density at radius 1 is 0.589 bits per heavy atom. The van der Waals surface area contributed by atoms with Gasteiger partial charge in [-0.15, -0.1) is 0 Å². The summed E-state index contributed by atoms with van der Waals surface area (Å²) in [5, 5.41) is 13.8. The fourth-order valence-electron chi connectivity index (χ4n) is 6.58. The quantitative estimate of drug-likeness (QED) is 0.0245. The first-order valence-corrected chi connectivity index (χ1v) is 24.9. The monoisotopic (exact) mass is 812 g/mol. The average molecular weight is 812 g/mol. The molecule has 0 fully saturated rings. The molecule has 0 aromatic rings. The number of unbranched alkanes of at least 4 members (excludes halogenated alkanes) is 25. The topological polar surface area (TPSA) is 105 Å². The van der Waals surface area contributed by atoms with Crippen LogP contribution in [0.5, 0.6) is 0 Å². The summed E-state index contributed by atoms with van der Waals surface area (Å²) in [5.41, 5.74) is 0. The van der Waals surface area contributed by atoms with Gasteiger partial charge in [-0.25, -0.2) is 4.57 Å². The summed E-state index contributed by atoms with van der Waals surface area (Å²) in [6, 6.07) is -0.865. The number of aliphatic hydroxyl groups is 1. The molecule has 3 unspecified atom stereocenters. The Labute approximate surface area is 347 Å². The second-order valence-corrected chi connectivity index (χ2v) is 18.6. The Hall–Kier alpha value is -1.28. The van der Waals surface area contributed by atoms with Gasteiger partial charge in [-0.05, 0) is 57.8 Å². The number of quaternary nitrogens is 1. The first kappa shape index (κ1) is 54.7. The first-order valence-electron chi connectivity index (χ1n) is 23.4. The van der Waals surface area contributed by atoms with Gasteiger partial charge in [0, 0.05) is 6.42 Å². The standard InChI is InChI=1S/C47H91N2O6P/c1-6-8-10-12-14-16-18-20-21-22-23-24-25-26-27-28-29-30-32-34-36-38-40-46(50)45(44-55-56(52,53)54-43-42-49(3,4)5)48-47(51)41-39-37-35-33-31-19-17-15-13-11-9-7-2/h15,17,30,32,38,40,45-46,50H,6-14,16,18-29,31,33-37,39,41-44H2,1-5H3,(H-,48,51,52,53)/p+1/b17-15-,32-30+,40-38+. The number of hydrogen-bond donors (Lipinski definition) is 3. The second-order valence-electron chi connectivity index (χ2n) is 17.1. The molecule has 0 saturated heterocycles. The third kappa shape index (κ3) is 40.9. The van der Waals surface area contributed by atoms with Crippen molar-refractivity contribution >= 4 is 13.7 Å². The van der Waals surface area contributed by atoms with E-state index >= 15 is 0 Å². The van der Waals surface area contributed by atoms with Crippen molar-refractivity contribution in [3.05, 3.63) is 36.5 Å². The predicted octanol–water partition coefficient (Wildman–Crippen LogP) is 13.1. The summed E-state index contributed by atoms with van der Waals surface area (Å²) in [7, 11) is 1.55. The van der Waals surface area contributed by atoms with Gasteiger partial charge in [-0.3, -0.25) is 13.8 Å². The van der Waals surface area contributed by atoms with Crippen LogP contribution >= 0.6 is 7.82 Å². The Kier molecular flexibility index (Phi) is 38.3. The molecule has 3 N–H and O–H groups in total. The molecule has 0 rings (SSSR count). The van der Waals surface area contributed by atoms with Crippen molar-refractivity contribution in [1.82, 2.24) is 5.32 Å². The van der Waals surface area contributed by atoms with Crippen molar-refractivity contribution in [2.24, 2.45) is 0 Å². The smallest absolute Gasteiger partial charge is 0.387 e. The zero-order chi connectivity index (χ0) is 41.4. The molecule has 0 aliphatic carbocycles. The number of hydrogen-bond acceptors (Lipinski definition) is 5. The van der Waals surface area contributed by atoms with E-state index in [9.17, 15) is 19.4 Å². The van der Waals surface area contributed by atoms with Crippen LogP contribution in [0.4, 0.5) is 0 Å². The van der Waals surface area contributed by atoms with Crippen LogP contribution < -0.4 is 5.32 Å². The summed E-state index contributed by atoms with van der Waals surface area (Å²) < 4.78 is 23.5. The molecule has 0 heterocycles. The lowest BCUT2D eigenvalue weighted by atomic mass is 10.0. The van der Waals surface area contributed by atoms with Crippen LogP contribution in [-0.4, -0.2) is 73.4 Å². The number of rotatable bonds is 42. The first-order chi connectivity index (χ1) is 27.0. The number of phosphoric ester groups is 1. The fourth-order valence-corrected chi connectivity index (χ4v) is 7.32. The van der Waals surface area contributed by atoms with Crippen LogP contribution in [0.3, 0.4) is 0 Å². The summed E-state index contributed by atoms with van der Waals surface area (Å²) in [5.74, 6) is -0.197. The van der Waals surface area contributed by atoms with E-state index in [4.69, 9.17) is 9.05 Å². The number of aliphatic hydroxyl groups excluding tert-OH is 1. The fraction of sp³-hybridized carbons (Fsp3) is 0.851. The normalized spacial score (nSPS) is 14.6. The molecule has 0 aliphatic heterocycles. The van der Waals surface area contributed by atoms with E-state index in [1.165, 1.54) is 135 Å². The number of carbonyl (C=O) groups is 1. The van der Waals surface area contributed by atoms with E-state index in [0.29, 0.717) is 17.4 Å². The molecule has 0 bridgehead atoms. The lowest BCUT2D eigenvalue weighted by Gasteiger charge is -2.25. The Morgan fingerprint density at radius 3 is 1.46 bits per heavy atom. The number of nitrogens with zero attached hydrogens (tertiary/aromatic N) is 1. The number of allylic oxidation sites excluding steroid dienone is 5. The number of phosphoric acid groups is 1. The number of carbonyl (C=O) groups excluding carboxylic acids is 1. The van der Waals surface area contributed by atoms with E-state index in [-0.39, 0.29) is 19.1 Å². The Morgan fingerprint density at radius 2 is 0.982 bits per heavy atom. The van der Waals surface area contributed by atoms with E-state index in [1.54, 1.807) is 6.08 Å². The van der Waals surface area contributed by atoms with Crippen molar-refractivity contribution in [2.75, 3.05) is 40.9 Å². The molecule has 56 heavy (non-hydrogen) atoms. The van der Waals surface area contributed by atoms with E-state index in [2.05, 4.69) is 43.5 Å². The zero-order valence-electron chi connectivity index (χ0n) is 37.4. The maximum atomic E-state index is 12.8. The summed E-state index contributed by atoms with van der Waals surface area (Å²) in [4.78, 5) is 23.1. The van der Waals surface area contributed by atoms with Crippen molar-refractivity contribution in [3.8, 4) is 0 Å². The van der Waals surface area contributed by atoms with Gasteiger partial charge in [-0.1, -0.05) is 179 Å². The largest absolute Gasteiger partial charge is 0.472 e. The third-order valence-corrected chi connectivity index (χ3v) is 11.3. The van der Waals surface area contributed by atoms with Gasteiger partial charge in [-0.2, -0.15) is 0 Å². The van der Waals surface area contributed by atoms with Crippen LogP contribution in [0.25, 0.3) is 0 Å². The molecule has 0 spiro atoms. The van der Waals surface area contributed by atoms with Gasteiger partial charge in [0.15, 0.2) is 0 Å². The van der Waals surface area contributed by atoms with Crippen LogP contribution in [0.1, 0.15) is 206 Å². The molecule has 0 saturated carbocycles. The minimum absolute atomic E-state index is 0.0546. The summed E-state index contributed by atoms with van der Waals surface area (Å²) >= 11 is 0. The minimum Gasteiger partial charge on any atom is -0.387 e. The second kappa shape index (κ2) is 39.2. The third-order valence-electron chi connectivity index (χ3n) is 10.3. The minimum atomic E-state index is -4.35. The van der Waals surface area contributed by atoms with Gasteiger partial charge < -0.3 is 19.8 Å². The molecule has 9 heteroatoms. The summed E-state index contributed by atoms with van der Waals surface area (Å²) in [6.07, 6.45) is 48.0. The molecule has 0 radical (unpaired) electrons. The number of amides is 1. The Balaban J connectivity index is 4.38.